The minimum atomic E-state index is -2.52. The van der Waals surface area contributed by atoms with Crippen molar-refractivity contribution in [3.05, 3.63) is 29.4 Å². The number of carbonyl (C=O) groups excluding carboxylic acids is 1. The van der Waals surface area contributed by atoms with Gasteiger partial charge in [-0.05, 0) is 63.5 Å². The van der Waals surface area contributed by atoms with Gasteiger partial charge in [0, 0.05) is 11.1 Å². The number of pyridine rings is 1. The molecular formula is C22H33ClN2O4Si. The largest absolute Gasteiger partial charge is 0.494 e. The van der Waals surface area contributed by atoms with Crippen LogP contribution in [0.5, 0.6) is 5.75 Å². The van der Waals surface area contributed by atoms with Crippen molar-refractivity contribution in [3.63, 3.8) is 0 Å². The predicted octanol–water partition coefficient (Wildman–Crippen LogP) is 5.51. The second-order valence-electron chi connectivity index (χ2n) is 9.78. The van der Waals surface area contributed by atoms with Crippen LogP contribution in [0.2, 0.25) is 16.7 Å². The Hall–Kier alpha value is -1.83. The van der Waals surface area contributed by atoms with Gasteiger partial charge >= 0.3 is 5.97 Å². The zero-order valence-corrected chi connectivity index (χ0v) is 20.9. The van der Waals surface area contributed by atoms with Gasteiger partial charge in [-0.25, -0.2) is 9.78 Å². The summed E-state index contributed by atoms with van der Waals surface area (Å²) >= 11 is 5.98. The summed E-state index contributed by atoms with van der Waals surface area (Å²) in [4.78, 5) is 16.7. The van der Waals surface area contributed by atoms with Crippen LogP contribution in [0, 0.1) is 0 Å². The first-order valence-electron chi connectivity index (χ1n) is 10.0. The molecule has 0 aliphatic heterocycles. The van der Waals surface area contributed by atoms with Crippen LogP contribution >= 0.6 is 11.6 Å². The predicted molar refractivity (Wildman–Crippen MR) is 124 cm³/mol. The van der Waals surface area contributed by atoms with E-state index in [1.165, 1.54) is 0 Å². The number of nitrogen functional groups attached to an aromatic ring is 1. The van der Waals surface area contributed by atoms with E-state index < -0.39 is 20.0 Å². The Balaban J connectivity index is 2.20. The molecule has 2 atom stereocenters. The summed E-state index contributed by atoms with van der Waals surface area (Å²) in [6, 6.07) is 7.13. The van der Waals surface area contributed by atoms with E-state index in [1.54, 1.807) is 13.0 Å². The molecule has 0 amide bonds. The van der Waals surface area contributed by atoms with Crippen LogP contribution in [0.3, 0.4) is 0 Å². The van der Waals surface area contributed by atoms with Gasteiger partial charge < -0.3 is 19.6 Å². The lowest BCUT2D eigenvalue weighted by Crippen LogP contribution is -2.53. The number of nitrogens with two attached hydrogens (primary N) is 1. The van der Waals surface area contributed by atoms with Crippen molar-refractivity contribution in [2.24, 2.45) is 0 Å². The summed E-state index contributed by atoms with van der Waals surface area (Å²) in [5, 5.41) is 0.957. The molecule has 0 spiro atoms. The molecule has 0 fully saturated rings. The van der Waals surface area contributed by atoms with Crippen molar-refractivity contribution in [2.75, 3.05) is 12.0 Å². The van der Waals surface area contributed by atoms with Crippen LogP contribution in [0.15, 0.2) is 24.3 Å². The van der Waals surface area contributed by atoms with Crippen molar-refractivity contribution in [1.29, 1.82) is 0 Å². The molecule has 1 aromatic carbocycles. The second kappa shape index (κ2) is 8.73. The maximum Gasteiger partial charge on any atom is 0.334 e. The number of halogens is 1. The molecule has 8 heteroatoms. The van der Waals surface area contributed by atoms with Crippen LogP contribution in [0.1, 0.15) is 48.5 Å². The van der Waals surface area contributed by atoms with Crippen molar-refractivity contribution in [2.45, 2.75) is 71.8 Å². The molecule has 2 aromatic rings. The Morgan fingerprint density at radius 3 is 2.40 bits per heavy atom. The number of hydrogen-bond donors (Lipinski definition) is 1. The fourth-order valence-corrected chi connectivity index (χ4v) is 5.14. The lowest BCUT2D eigenvalue weighted by atomic mass is 10.2. The maximum atomic E-state index is 12.5. The fourth-order valence-electron chi connectivity index (χ4n) is 2.76. The SMILES string of the molecule is CC(O[Si](C)(COc1ccc2nc(Cl)cc(N)c2c1)C(C)(C)C)C(=O)OC(C)(C)C. The van der Waals surface area contributed by atoms with Gasteiger partial charge in [0.15, 0.2) is 0 Å². The minimum Gasteiger partial charge on any atom is -0.494 e. The van der Waals surface area contributed by atoms with Crippen molar-refractivity contribution >= 4 is 42.5 Å². The molecule has 2 N–H and O–H groups in total. The van der Waals surface area contributed by atoms with E-state index in [0.717, 1.165) is 5.39 Å². The van der Waals surface area contributed by atoms with Crippen molar-refractivity contribution in [3.8, 4) is 5.75 Å². The van der Waals surface area contributed by atoms with Crippen molar-refractivity contribution < 1.29 is 18.7 Å². The van der Waals surface area contributed by atoms with Crippen LogP contribution < -0.4 is 10.5 Å². The number of aromatic nitrogens is 1. The highest BCUT2D eigenvalue weighted by Gasteiger charge is 2.46. The zero-order chi connectivity index (χ0) is 22.9. The first-order chi connectivity index (χ1) is 13.6. The highest BCUT2D eigenvalue weighted by Crippen LogP contribution is 2.38. The molecule has 0 aliphatic rings. The highest BCUT2D eigenvalue weighted by molar-refractivity contribution is 6.75. The smallest absolute Gasteiger partial charge is 0.334 e. The third-order valence-corrected chi connectivity index (χ3v) is 9.99. The molecule has 2 rings (SSSR count). The first kappa shape index (κ1) is 24.4. The summed E-state index contributed by atoms with van der Waals surface area (Å²) in [6.45, 7) is 15.7. The summed E-state index contributed by atoms with van der Waals surface area (Å²) in [6.07, 6.45) is -0.307. The van der Waals surface area contributed by atoms with Gasteiger partial charge in [0.2, 0.25) is 8.32 Å². The number of hydrogen-bond acceptors (Lipinski definition) is 6. The van der Waals surface area contributed by atoms with E-state index in [-0.39, 0.29) is 11.0 Å². The number of carbonyl (C=O) groups is 1. The minimum absolute atomic E-state index is 0.172. The first-order valence-corrected chi connectivity index (χ1v) is 13.0. The molecular weight excluding hydrogens is 420 g/mol. The topological polar surface area (TPSA) is 83.7 Å². The zero-order valence-electron chi connectivity index (χ0n) is 19.1. The molecule has 6 nitrogen and oxygen atoms in total. The summed E-state index contributed by atoms with van der Waals surface area (Å²) in [5.74, 6) is 0.293. The van der Waals surface area contributed by atoms with Gasteiger partial charge in [-0.15, -0.1) is 0 Å². The van der Waals surface area contributed by atoms with E-state index in [0.29, 0.717) is 28.3 Å². The lowest BCUT2D eigenvalue weighted by molar-refractivity contribution is -0.163. The normalized spacial score (nSPS) is 15.5. The van der Waals surface area contributed by atoms with E-state index in [4.69, 9.17) is 31.2 Å². The van der Waals surface area contributed by atoms with Gasteiger partial charge in [0.25, 0.3) is 0 Å². The molecule has 1 heterocycles. The molecule has 0 saturated carbocycles. The summed E-state index contributed by atoms with van der Waals surface area (Å²) in [5.41, 5.74) is 6.77. The summed E-state index contributed by atoms with van der Waals surface area (Å²) in [7, 11) is -2.52. The van der Waals surface area contributed by atoms with Gasteiger partial charge in [-0.3, -0.25) is 0 Å². The van der Waals surface area contributed by atoms with E-state index in [9.17, 15) is 4.79 Å². The Labute approximate surface area is 185 Å². The Bertz CT molecular complexity index is 924. The molecule has 0 bridgehead atoms. The number of nitrogens with zero attached hydrogens (tertiary/aromatic N) is 1. The molecule has 0 radical (unpaired) electrons. The number of benzene rings is 1. The third kappa shape index (κ3) is 6.09. The van der Waals surface area contributed by atoms with E-state index in [1.807, 2.05) is 39.0 Å². The molecule has 2 unspecified atom stereocenters. The average molecular weight is 453 g/mol. The number of anilines is 1. The van der Waals surface area contributed by atoms with Crippen LogP contribution in [-0.2, 0) is 14.0 Å². The lowest BCUT2D eigenvalue weighted by Gasteiger charge is -2.40. The Morgan fingerprint density at radius 2 is 1.83 bits per heavy atom. The molecule has 1 aromatic heterocycles. The number of rotatable bonds is 6. The number of fused-ring (bicyclic) bond motifs is 1. The van der Waals surface area contributed by atoms with Gasteiger partial charge in [-0.2, -0.15) is 0 Å². The standard InChI is InChI=1S/C22H33ClN2O4Si/c1-14(20(26)28-21(2,3)4)29-30(8,22(5,6)7)13-27-15-9-10-18-16(11-15)17(24)12-19(23)25-18/h9-12,14H,13H2,1-8H3,(H2,24,25). The van der Waals surface area contributed by atoms with E-state index in [2.05, 4.69) is 32.3 Å². The Morgan fingerprint density at radius 1 is 1.20 bits per heavy atom. The van der Waals surface area contributed by atoms with Crippen molar-refractivity contribution in [1.82, 2.24) is 4.98 Å². The highest BCUT2D eigenvalue weighted by atomic mass is 35.5. The monoisotopic (exact) mass is 452 g/mol. The van der Waals surface area contributed by atoms with Crippen LogP contribution in [0.25, 0.3) is 10.9 Å². The van der Waals surface area contributed by atoms with Gasteiger partial charge in [0.1, 0.15) is 28.8 Å². The van der Waals surface area contributed by atoms with Crippen LogP contribution in [-0.4, -0.2) is 37.2 Å². The van der Waals surface area contributed by atoms with E-state index >= 15 is 0 Å². The Kier molecular flexibility index (Phi) is 7.11. The fraction of sp³-hybridized carbons (Fsp3) is 0.545. The average Bonchev–Trinajstić information content (AvgIpc) is 2.57. The quantitative estimate of drug-likeness (QED) is 0.353. The molecule has 166 valence electrons. The van der Waals surface area contributed by atoms with Gasteiger partial charge in [0.05, 0.1) is 5.52 Å². The third-order valence-electron chi connectivity index (χ3n) is 5.06. The number of esters is 1. The number of ether oxygens (including phenoxy) is 2. The molecule has 0 saturated heterocycles. The van der Waals surface area contributed by atoms with Crippen LogP contribution in [0.4, 0.5) is 5.69 Å². The summed E-state index contributed by atoms with van der Waals surface area (Å²) < 4.78 is 18.0. The maximum absolute atomic E-state index is 12.5. The molecule has 30 heavy (non-hydrogen) atoms. The second-order valence-corrected chi connectivity index (χ2v) is 14.6. The molecule has 0 aliphatic carbocycles. The van der Waals surface area contributed by atoms with Gasteiger partial charge in [-0.1, -0.05) is 32.4 Å².